The van der Waals surface area contributed by atoms with Crippen molar-refractivity contribution in [1.82, 2.24) is 5.32 Å². The average molecular weight is 267 g/mol. The summed E-state index contributed by atoms with van der Waals surface area (Å²) in [6.45, 7) is 6.92. The molecule has 4 atom stereocenters. The zero-order chi connectivity index (χ0) is 13.5. The highest BCUT2D eigenvalue weighted by Gasteiger charge is 2.30. The van der Waals surface area contributed by atoms with E-state index in [1.54, 1.807) is 0 Å². The Kier molecular flexibility index (Phi) is 6.66. The molecule has 112 valence electrons. The highest BCUT2D eigenvalue weighted by Crippen LogP contribution is 2.35. The number of ether oxygens (including phenoxy) is 1. The van der Waals surface area contributed by atoms with E-state index in [0.29, 0.717) is 6.10 Å². The van der Waals surface area contributed by atoms with Crippen LogP contribution < -0.4 is 5.32 Å². The number of rotatable bonds is 8. The van der Waals surface area contributed by atoms with E-state index in [4.69, 9.17) is 4.74 Å². The van der Waals surface area contributed by atoms with Gasteiger partial charge in [0.2, 0.25) is 0 Å². The van der Waals surface area contributed by atoms with Crippen LogP contribution in [0, 0.1) is 11.8 Å². The molecule has 0 aromatic rings. The lowest BCUT2D eigenvalue weighted by Gasteiger charge is -2.28. The number of hydrogen-bond acceptors (Lipinski definition) is 2. The maximum absolute atomic E-state index is 5.74. The fourth-order valence-corrected chi connectivity index (χ4v) is 4.01. The van der Waals surface area contributed by atoms with Gasteiger partial charge in [-0.3, -0.25) is 0 Å². The Bertz CT molecular complexity index is 237. The maximum atomic E-state index is 5.74. The molecule has 1 saturated heterocycles. The van der Waals surface area contributed by atoms with Crippen molar-refractivity contribution in [3.63, 3.8) is 0 Å². The summed E-state index contributed by atoms with van der Waals surface area (Å²) in [4.78, 5) is 0. The third-order valence-corrected chi connectivity index (χ3v) is 5.17. The average Bonchev–Trinajstić information content (AvgIpc) is 3.05. The van der Waals surface area contributed by atoms with Gasteiger partial charge < -0.3 is 10.1 Å². The molecule has 0 radical (unpaired) electrons. The standard InChI is InChI=1S/C17H33NO/c1-3-12-18-17(16-10-4-7-14(16)2)11-5-8-15-9-6-13-19-15/h14-18H,3-13H2,1-2H3. The van der Waals surface area contributed by atoms with Crippen molar-refractivity contribution in [2.24, 2.45) is 11.8 Å². The fraction of sp³-hybridized carbons (Fsp3) is 1.00. The highest BCUT2D eigenvalue weighted by molar-refractivity contribution is 4.85. The van der Waals surface area contributed by atoms with Gasteiger partial charge in [0.1, 0.15) is 0 Å². The molecule has 2 fully saturated rings. The van der Waals surface area contributed by atoms with Crippen molar-refractivity contribution in [1.29, 1.82) is 0 Å². The Morgan fingerprint density at radius 1 is 1.21 bits per heavy atom. The summed E-state index contributed by atoms with van der Waals surface area (Å²) in [7, 11) is 0. The fourth-order valence-electron chi connectivity index (χ4n) is 4.01. The van der Waals surface area contributed by atoms with Gasteiger partial charge in [0.25, 0.3) is 0 Å². The number of nitrogens with one attached hydrogen (secondary N) is 1. The van der Waals surface area contributed by atoms with E-state index in [0.717, 1.165) is 24.5 Å². The normalized spacial score (nSPS) is 32.8. The van der Waals surface area contributed by atoms with Crippen LogP contribution in [0.15, 0.2) is 0 Å². The van der Waals surface area contributed by atoms with E-state index in [1.165, 1.54) is 64.3 Å². The molecule has 19 heavy (non-hydrogen) atoms. The molecule has 1 saturated carbocycles. The molecule has 1 aliphatic heterocycles. The Morgan fingerprint density at radius 2 is 2.11 bits per heavy atom. The van der Waals surface area contributed by atoms with Crippen LogP contribution in [0.25, 0.3) is 0 Å². The molecule has 0 aromatic carbocycles. The van der Waals surface area contributed by atoms with E-state index >= 15 is 0 Å². The predicted molar refractivity (Wildman–Crippen MR) is 81.4 cm³/mol. The van der Waals surface area contributed by atoms with Crippen molar-refractivity contribution in [3.05, 3.63) is 0 Å². The second kappa shape index (κ2) is 8.26. The van der Waals surface area contributed by atoms with Crippen molar-refractivity contribution < 1.29 is 4.74 Å². The lowest BCUT2D eigenvalue weighted by atomic mass is 9.87. The van der Waals surface area contributed by atoms with Crippen LogP contribution in [0.5, 0.6) is 0 Å². The molecular weight excluding hydrogens is 234 g/mol. The summed E-state index contributed by atoms with van der Waals surface area (Å²) >= 11 is 0. The quantitative estimate of drug-likeness (QED) is 0.713. The smallest absolute Gasteiger partial charge is 0.0576 e. The van der Waals surface area contributed by atoms with Crippen molar-refractivity contribution in [3.8, 4) is 0 Å². The van der Waals surface area contributed by atoms with Gasteiger partial charge in [-0.1, -0.05) is 26.7 Å². The molecule has 0 spiro atoms. The SMILES string of the molecule is CCCNC(CCCC1CCCO1)C1CCCC1C. The zero-order valence-corrected chi connectivity index (χ0v) is 13.0. The van der Waals surface area contributed by atoms with Gasteiger partial charge in [0.05, 0.1) is 6.10 Å². The summed E-state index contributed by atoms with van der Waals surface area (Å²) in [6.07, 6.45) is 12.7. The van der Waals surface area contributed by atoms with Gasteiger partial charge in [0, 0.05) is 12.6 Å². The molecule has 1 heterocycles. The first-order chi connectivity index (χ1) is 9.31. The first kappa shape index (κ1) is 15.3. The Balaban J connectivity index is 1.72. The minimum absolute atomic E-state index is 0.577. The molecular formula is C17H33NO. The predicted octanol–water partition coefficient (Wildman–Crippen LogP) is 4.14. The molecule has 0 amide bonds. The van der Waals surface area contributed by atoms with Crippen LogP contribution in [0.2, 0.25) is 0 Å². The summed E-state index contributed by atoms with van der Waals surface area (Å²) < 4.78 is 5.74. The summed E-state index contributed by atoms with van der Waals surface area (Å²) in [5, 5.41) is 3.83. The van der Waals surface area contributed by atoms with Crippen LogP contribution in [0.4, 0.5) is 0 Å². The minimum atomic E-state index is 0.577. The van der Waals surface area contributed by atoms with Crippen molar-refractivity contribution in [2.75, 3.05) is 13.2 Å². The van der Waals surface area contributed by atoms with Crippen LogP contribution in [-0.2, 0) is 4.74 Å². The molecule has 2 heteroatoms. The van der Waals surface area contributed by atoms with E-state index in [9.17, 15) is 0 Å². The van der Waals surface area contributed by atoms with Crippen LogP contribution in [0.1, 0.15) is 71.6 Å². The summed E-state index contributed by atoms with van der Waals surface area (Å²) in [5.41, 5.74) is 0. The molecule has 1 aliphatic carbocycles. The lowest BCUT2D eigenvalue weighted by Crippen LogP contribution is -2.38. The third kappa shape index (κ3) is 4.75. The van der Waals surface area contributed by atoms with Gasteiger partial charge in [-0.25, -0.2) is 0 Å². The van der Waals surface area contributed by atoms with Crippen molar-refractivity contribution in [2.45, 2.75) is 83.8 Å². The zero-order valence-electron chi connectivity index (χ0n) is 13.0. The molecule has 4 unspecified atom stereocenters. The molecule has 2 aliphatic rings. The van der Waals surface area contributed by atoms with E-state index in [-0.39, 0.29) is 0 Å². The highest BCUT2D eigenvalue weighted by atomic mass is 16.5. The second-order valence-electron chi connectivity index (χ2n) is 6.70. The van der Waals surface area contributed by atoms with Crippen LogP contribution >= 0.6 is 0 Å². The molecule has 1 N–H and O–H groups in total. The first-order valence-electron chi connectivity index (χ1n) is 8.66. The van der Waals surface area contributed by atoms with Gasteiger partial charge in [-0.2, -0.15) is 0 Å². The second-order valence-corrected chi connectivity index (χ2v) is 6.70. The van der Waals surface area contributed by atoms with Gasteiger partial charge in [0.15, 0.2) is 0 Å². The van der Waals surface area contributed by atoms with E-state index in [2.05, 4.69) is 19.2 Å². The van der Waals surface area contributed by atoms with Crippen molar-refractivity contribution >= 4 is 0 Å². The van der Waals surface area contributed by atoms with Crippen LogP contribution in [-0.4, -0.2) is 25.3 Å². The van der Waals surface area contributed by atoms with Gasteiger partial charge >= 0.3 is 0 Å². The van der Waals surface area contributed by atoms with Crippen LogP contribution in [0.3, 0.4) is 0 Å². The largest absolute Gasteiger partial charge is 0.378 e. The van der Waals surface area contributed by atoms with Gasteiger partial charge in [-0.15, -0.1) is 0 Å². The Hall–Kier alpha value is -0.0800. The molecule has 2 nitrogen and oxygen atoms in total. The Labute approximate surface area is 119 Å². The summed E-state index contributed by atoms with van der Waals surface area (Å²) in [6, 6.07) is 0.763. The van der Waals surface area contributed by atoms with Gasteiger partial charge in [-0.05, 0) is 63.3 Å². The minimum Gasteiger partial charge on any atom is -0.378 e. The summed E-state index contributed by atoms with van der Waals surface area (Å²) in [5.74, 6) is 1.85. The molecule has 0 bridgehead atoms. The maximum Gasteiger partial charge on any atom is 0.0576 e. The van der Waals surface area contributed by atoms with E-state index < -0.39 is 0 Å². The number of hydrogen-bond donors (Lipinski definition) is 1. The third-order valence-electron chi connectivity index (χ3n) is 5.17. The first-order valence-corrected chi connectivity index (χ1v) is 8.66. The lowest BCUT2D eigenvalue weighted by molar-refractivity contribution is 0.1000. The Morgan fingerprint density at radius 3 is 2.74 bits per heavy atom. The monoisotopic (exact) mass is 267 g/mol. The molecule has 2 rings (SSSR count). The topological polar surface area (TPSA) is 21.3 Å². The molecule has 0 aromatic heterocycles. The van der Waals surface area contributed by atoms with E-state index in [1.807, 2.05) is 0 Å².